The maximum absolute atomic E-state index is 9.57. The third kappa shape index (κ3) is 3.56. The van der Waals surface area contributed by atoms with Crippen LogP contribution < -0.4 is 0 Å². The highest BCUT2D eigenvalue weighted by molar-refractivity contribution is 9.10. The predicted molar refractivity (Wildman–Crippen MR) is 76.1 cm³/mol. The van der Waals surface area contributed by atoms with Gasteiger partial charge in [-0.1, -0.05) is 32.1 Å². The SMILES string of the molecule is N#CC1(Cc2cc(Br)cs2)CCCCCCC1. The van der Waals surface area contributed by atoms with E-state index in [-0.39, 0.29) is 5.41 Å². The maximum Gasteiger partial charge on any atom is 0.0693 e. The van der Waals surface area contributed by atoms with Gasteiger partial charge in [-0.3, -0.25) is 0 Å². The summed E-state index contributed by atoms with van der Waals surface area (Å²) >= 11 is 5.26. The van der Waals surface area contributed by atoms with Crippen molar-refractivity contribution in [3.8, 4) is 6.07 Å². The maximum atomic E-state index is 9.57. The minimum atomic E-state index is -0.0925. The van der Waals surface area contributed by atoms with E-state index in [1.165, 1.54) is 37.0 Å². The van der Waals surface area contributed by atoms with Gasteiger partial charge in [0.2, 0.25) is 0 Å². The van der Waals surface area contributed by atoms with E-state index >= 15 is 0 Å². The fourth-order valence-corrected chi connectivity index (χ4v) is 4.29. The molecule has 0 atom stereocenters. The highest BCUT2D eigenvalue weighted by Gasteiger charge is 2.30. The van der Waals surface area contributed by atoms with E-state index < -0.39 is 0 Å². The number of rotatable bonds is 2. The van der Waals surface area contributed by atoms with E-state index in [4.69, 9.17) is 0 Å². The van der Waals surface area contributed by atoms with Crippen LogP contribution in [0.5, 0.6) is 0 Å². The summed E-state index contributed by atoms with van der Waals surface area (Å²) in [6, 6.07) is 4.80. The lowest BCUT2D eigenvalue weighted by Crippen LogP contribution is -2.22. The third-order valence-electron chi connectivity index (χ3n) is 3.68. The molecular weight excluding hydrogens is 294 g/mol. The summed E-state index contributed by atoms with van der Waals surface area (Å²) in [7, 11) is 0. The number of hydrogen-bond donors (Lipinski definition) is 0. The second-order valence-electron chi connectivity index (χ2n) is 5.07. The van der Waals surface area contributed by atoms with Crippen LogP contribution in [0.4, 0.5) is 0 Å². The average Bonchev–Trinajstić information content (AvgIpc) is 2.68. The lowest BCUT2D eigenvalue weighted by molar-refractivity contribution is 0.289. The van der Waals surface area contributed by atoms with Crippen molar-refractivity contribution in [2.24, 2.45) is 5.41 Å². The van der Waals surface area contributed by atoms with E-state index in [9.17, 15) is 5.26 Å². The smallest absolute Gasteiger partial charge is 0.0693 e. The molecule has 0 bridgehead atoms. The fourth-order valence-electron chi connectivity index (χ4n) is 2.69. The molecule has 92 valence electrons. The molecule has 2 rings (SSSR count). The van der Waals surface area contributed by atoms with Gasteiger partial charge >= 0.3 is 0 Å². The van der Waals surface area contributed by atoms with Crippen LogP contribution in [0.3, 0.4) is 0 Å². The van der Waals surface area contributed by atoms with Crippen LogP contribution in [0.15, 0.2) is 15.9 Å². The summed E-state index contributed by atoms with van der Waals surface area (Å²) in [6.45, 7) is 0. The Kier molecular flexibility index (Phi) is 4.64. The van der Waals surface area contributed by atoms with Gasteiger partial charge in [-0.25, -0.2) is 0 Å². The molecule has 1 aliphatic rings. The number of hydrogen-bond acceptors (Lipinski definition) is 2. The summed E-state index contributed by atoms with van der Waals surface area (Å²) in [5.74, 6) is 0. The van der Waals surface area contributed by atoms with Crippen molar-refractivity contribution in [1.29, 1.82) is 5.26 Å². The third-order valence-corrected chi connectivity index (χ3v) is 5.38. The highest BCUT2D eigenvalue weighted by Crippen LogP contribution is 2.38. The standard InChI is InChI=1S/C14H18BrNS/c15-12-8-13(17-10-12)9-14(11-16)6-4-2-1-3-5-7-14/h8,10H,1-7,9H2. The first-order valence-corrected chi connectivity index (χ1v) is 8.06. The Morgan fingerprint density at radius 2 is 1.88 bits per heavy atom. The van der Waals surface area contributed by atoms with Crippen molar-refractivity contribution in [2.45, 2.75) is 51.4 Å². The lowest BCUT2D eigenvalue weighted by atomic mass is 9.75. The van der Waals surface area contributed by atoms with Crippen LogP contribution in [0.1, 0.15) is 49.8 Å². The van der Waals surface area contributed by atoms with Gasteiger partial charge in [-0.2, -0.15) is 5.26 Å². The zero-order chi connectivity index (χ0) is 12.1. The molecular formula is C14H18BrNS. The second-order valence-corrected chi connectivity index (χ2v) is 6.98. The van der Waals surface area contributed by atoms with Crippen molar-refractivity contribution < 1.29 is 0 Å². The van der Waals surface area contributed by atoms with Gasteiger partial charge in [0.05, 0.1) is 11.5 Å². The predicted octanol–water partition coefficient (Wildman–Crippen LogP) is 5.31. The van der Waals surface area contributed by atoms with Gasteiger partial charge in [0, 0.05) is 21.2 Å². The van der Waals surface area contributed by atoms with E-state index in [1.54, 1.807) is 11.3 Å². The van der Waals surface area contributed by atoms with Crippen LogP contribution in [0.25, 0.3) is 0 Å². The Morgan fingerprint density at radius 3 is 2.41 bits per heavy atom. The molecule has 0 spiro atoms. The van der Waals surface area contributed by atoms with E-state index in [0.717, 1.165) is 23.7 Å². The molecule has 0 aromatic carbocycles. The minimum absolute atomic E-state index is 0.0925. The summed E-state index contributed by atoms with van der Waals surface area (Å²) in [5.41, 5.74) is -0.0925. The first-order valence-electron chi connectivity index (χ1n) is 6.38. The van der Waals surface area contributed by atoms with E-state index in [2.05, 4.69) is 33.4 Å². The zero-order valence-corrected chi connectivity index (χ0v) is 12.4. The molecule has 1 aliphatic carbocycles. The minimum Gasteiger partial charge on any atom is -0.198 e. The fraction of sp³-hybridized carbons (Fsp3) is 0.643. The molecule has 1 aromatic rings. The van der Waals surface area contributed by atoms with Crippen molar-refractivity contribution in [1.82, 2.24) is 0 Å². The van der Waals surface area contributed by atoms with E-state index in [1.807, 2.05) is 0 Å². The van der Waals surface area contributed by atoms with Gasteiger partial charge in [-0.15, -0.1) is 11.3 Å². The summed E-state index contributed by atoms with van der Waals surface area (Å²) < 4.78 is 1.15. The highest BCUT2D eigenvalue weighted by atomic mass is 79.9. The van der Waals surface area contributed by atoms with Crippen LogP contribution in [-0.2, 0) is 6.42 Å². The van der Waals surface area contributed by atoms with Crippen LogP contribution >= 0.6 is 27.3 Å². The molecule has 3 heteroatoms. The quantitative estimate of drug-likeness (QED) is 0.726. The average molecular weight is 312 g/mol. The lowest BCUT2D eigenvalue weighted by Gasteiger charge is -2.28. The van der Waals surface area contributed by atoms with Gasteiger partial charge in [0.25, 0.3) is 0 Å². The monoisotopic (exact) mass is 311 g/mol. The molecule has 0 aliphatic heterocycles. The number of halogens is 1. The molecule has 1 heterocycles. The van der Waals surface area contributed by atoms with Crippen molar-refractivity contribution in [2.75, 3.05) is 0 Å². The van der Waals surface area contributed by atoms with Crippen LogP contribution in [0, 0.1) is 16.7 Å². The van der Waals surface area contributed by atoms with Gasteiger partial charge < -0.3 is 0 Å². The molecule has 17 heavy (non-hydrogen) atoms. The van der Waals surface area contributed by atoms with Gasteiger partial charge in [-0.05, 0) is 34.8 Å². The number of thiophene rings is 1. The molecule has 0 saturated heterocycles. The first kappa shape index (κ1) is 13.1. The molecule has 0 unspecified atom stereocenters. The largest absolute Gasteiger partial charge is 0.198 e. The van der Waals surface area contributed by atoms with Crippen molar-refractivity contribution >= 4 is 27.3 Å². The second kappa shape index (κ2) is 6.02. The first-order chi connectivity index (χ1) is 8.24. The Hall–Kier alpha value is -0.330. The topological polar surface area (TPSA) is 23.8 Å². The summed E-state index contributed by atoms with van der Waals surface area (Å²) in [6.07, 6.45) is 9.51. The molecule has 1 fully saturated rings. The Labute approximate surface area is 116 Å². The van der Waals surface area contributed by atoms with Crippen LogP contribution in [0.2, 0.25) is 0 Å². The summed E-state index contributed by atoms with van der Waals surface area (Å²) in [4.78, 5) is 1.35. The number of nitriles is 1. The Morgan fingerprint density at radius 1 is 1.24 bits per heavy atom. The molecule has 0 radical (unpaired) electrons. The van der Waals surface area contributed by atoms with Crippen molar-refractivity contribution in [3.63, 3.8) is 0 Å². The zero-order valence-electron chi connectivity index (χ0n) is 10.0. The Bertz CT molecular complexity index is 397. The Balaban J connectivity index is 2.09. The van der Waals surface area contributed by atoms with E-state index in [0.29, 0.717) is 0 Å². The van der Waals surface area contributed by atoms with Gasteiger partial charge in [0.15, 0.2) is 0 Å². The number of nitrogens with zero attached hydrogens (tertiary/aromatic N) is 1. The van der Waals surface area contributed by atoms with Crippen molar-refractivity contribution in [3.05, 3.63) is 20.8 Å². The van der Waals surface area contributed by atoms with Gasteiger partial charge in [0.1, 0.15) is 0 Å². The molecule has 1 nitrogen and oxygen atoms in total. The molecule has 0 amide bonds. The summed E-state index contributed by atoms with van der Waals surface area (Å²) in [5, 5.41) is 11.7. The molecule has 1 saturated carbocycles. The normalized spacial score (nSPS) is 20.2. The van der Waals surface area contributed by atoms with Crippen LogP contribution in [-0.4, -0.2) is 0 Å². The molecule has 1 aromatic heterocycles. The molecule has 0 N–H and O–H groups in total.